The Morgan fingerprint density at radius 1 is 1.31 bits per heavy atom. The Hall–Kier alpha value is -0.600. The van der Waals surface area contributed by atoms with Gasteiger partial charge in [0.15, 0.2) is 0 Å². The van der Waals surface area contributed by atoms with E-state index >= 15 is 0 Å². The van der Waals surface area contributed by atoms with Crippen molar-refractivity contribution in [3.8, 4) is 0 Å². The third kappa shape index (κ3) is 3.76. The van der Waals surface area contributed by atoms with Crippen LogP contribution in [0.3, 0.4) is 0 Å². The van der Waals surface area contributed by atoms with Gasteiger partial charge in [0.25, 0.3) is 0 Å². The molecule has 1 aliphatic carbocycles. The van der Waals surface area contributed by atoms with Gasteiger partial charge in [0.1, 0.15) is 5.82 Å². The second kappa shape index (κ2) is 5.65. The molecule has 1 saturated carbocycles. The SMILES string of the molecule is Fc1ccc(Cl)c(CCCCNC2CC2)c1. The number of benzene rings is 1. The molecule has 0 bridgehead atoms. The van der Waals surface area contributed by atoms with E-state index in [0.29, 0.717) is 5.02 Å². The molecule has 0 aromatic heterocycles. The summed E-state index contributed by atoms with van der Waals surface area (Å²) in [6.07, 6.45) is 5.71. The van der Waals surface area contributed by atoms with Crippen LogP contribution >= 0.6 is 11.6 Å². The maximum atomic E-state index is 13.0. The Labute approximate surface area is 101 Å². The lowest BCUT2D eigenvalue weighted by atomic mass is 10.1. The second-order valence-corrected chi connectivity index (χ2v) is 4.83. The predicted octanol–water partition coefficient (Wildman–Crippen LogP) is 3.55. The van der Waals surface area contributed by atoms with E-state index in [0.717, 1.165) is 37.4 Å². The zero-order valence-corrected chi connectivity index (χ0v) is 10.1. The molecule has 2 rings (SSSR count). The van der Waals surface area contributed by atoms with Crippen molar-refractivity contribution in [3.63, 3.8) is 0 Å². The van der Waals surface area contributed by atoms with E-state index in [9.17, 15) is 4.39 Å². The molecule has 0 saturated heterocycles. The molecule has 1 aromatic rings. The molecule has 0 aliphatic heterocycles. The van der Waals surface area contributed by atoms with E-state index in [1.165, 1.54) is 25.0 Å². The number of halogens is 2. The molecule has 1 fully saturated rings. The summed E-state index contributed by atoms with van der Waals surface area (Å²) in [5, 5.41) is 4.14. The topological polar surface area (TPSA) is 12.0 Å². The van der Waals surface area contributed by atoms with Gasteiger partial charge in [-0.05, 0) is 62.4 Å². The van der Waals surface area contributed by atoms with Gasteiger partial charge in [0, 0.05) is 11.1 Å². The van der Waals surface area contributed by atoms with E-state index in [-0.39, 0.29) is 5.82 Å². The smallest absolute Gasteiger partial charge is 0.123 e. The van der Waals surface area contributed by atoms with Crippen molar-refractivity contribution in [2.75, 3.05) is 6.54 Å². The average molecular weight is 242 g/mol. The molecule has 1 nitrogen and oxygen atoms in total. The molecular formula is C13H17ClFN. The maximum absolute atomic E-state index is 13.0. The third-order valence-corrected chi connectivity index (χ3v) is 3.26. The summed E-state index contributed by atoms with van der Waals surface area (Å²) in [6.45, 7) is 1.07. The highest BCUT2D eigenvalue weighted by Crippen LogP contribution is 2.20. The number of unbranched alkanes of at least 4 members (excludes halogenated alkanes) is 1. The summed E-state index contributed by atoms with van der Waals surface area (Å²) < 4.78 is 13.0. The first-order valence-corrected chi connectivity index (χ1v) is 6.31. The third-order valence-electron chi connectivity index (χ3n) is 2.89. The van der Waals surface area contributed by atoms with Crippen molar-refractivity contribution in [1.82, 2.24) is 5.32 Å². The van der Waals surface area contributed by atoms with Crippen LogP contribution in [0.15, 0.2) is 18.2 Å². The molecule has 0 radical (unpaired) electrons. The molecular weight excluding hydrogens is 225 g/mol. The van der Waals surface area contributed by atoms with Crippen LogP contribution in [0.5, 0.6) is 0 Å². The minimum atomic E-state index is -0.199. The minimum Gasteiger partial charge on any atom is -0.314 e. The molecule has 3 heteroatoms. The van der Waals surface area contributed by atoms with E-state index in [2.05, 4.69) is 5.32 Å². The van der Waals surface area contributed by atoms with Crippen molar-refractivity contribution in [2.24, 2.45) is 0 Å². The summed E-state index contributed by atoms with van der Waals surface area (Å²) >= 11 is 5.99. The highest BCUT2D eigenvalue weighted by Gasteiger charge is 2.19. The van der Waals surface area contributed by atoms with Gasteiger partial charge in [0.05, 0.1) is 0 Å². The van der Waals surface area contributed by atoms with E-state index in [4.69, 9.17) is 11.6 Å². The van der Waals surface area contributed by atoms with Gasteiger partial charge in [-0.15, -0.1) is 0 Å². The van der Waals surface area contributed by atoms with Crippen LogP contribution in [-0.2, 0) is 6.42 Å². The molecule has 16 heavy (non-hydrogen) atoms. The van der Waals surface area contributed by atoms with Crippen molar-refractivity contribution in [3.05, 3.63) is 34.6 Å². The number of rotatable bonds is 6. The lowest BCUT2D eigenvalue weighted by Crippen LogP contribution is -2.17. The number of hydrogen-bond donors (Lipinski definition) is 1. The van der Waals surface area contributed by atoms with Gasteiger partial charge < -0.3 is 5.32 Å². The fraction of sp³-hybridized carbons (Fsp3) is 0.538. The zero-order chi connectivity index (χ0) is 11.4. The molecule has 1 N–H and O–H groups in total. The van der Waals surface area contributed by atoms with Gasteiger partial charge in [-0.25, -0.2) is 4.39 Å². The fourth-order valence-electron chi connectivity index (χ4n) is 1.77. The first-order valence-electron chi connectivity index (χ1n) is 5.93. The van der Waals surface area contributed by atoms with Crippen LogP contribution in [0.2, 0.25) is 5.02 Å². The standard InChI is InChI=1S/C13H17ClFN/c14-13-7-4-11(15)9-10(13)3-1-2-8-16-12-5-6-12/h4,7,9,12,16H,1-3,5-6,8H2. The van der Waals surface area contributed by atoms with Crippen LogP contribution in [-0.4, -0.2) is 12.6 Å². The fourth-order valence-corrected chi connectivity index (χ4v) is 1.98. The highest BCUT2D eigenvalue weighted by atomic mass is 35.5. The molecule has 0 amide bonds. The number of hydrogen-bond acceptors (Lipinski definition) is 1. The molecule has 88 valence electrons. The van der Waals surface area contributed by atoms with Crippen molar-refractivity contribution in [1.29, 1.82) is 0 Å². The summed E-state index contributed by atoms with van der Waals surface area (Å²) in [6, 6.07) is 5.35. The lowest BCUT2D eigenvalue weighted by Gasteiger charge is -2.05. The Morgan fingerprint density at radius 2 is 2.12 bits per heavy atom. The Kier molecular flexibility index (Phi) is 4.19. The van der Waals surface area contributed by atoms with Crippen LogP contribution < -0.4 is 5.32 Å². The number of nitrogens with one attached hydrogen (secondary N) is 1. The molecule has 1 aliphatic rings. The minimum absolute atomic E-state index is 0.199. The largest absolute Gasteiger partial charge is 0.314 e. The lowest BCUT2D eigenvalue weighted by molar-refractivity contribution is 0.611. The van der Waals surface area contributed by atoms with Crippen LogP contribution in [0, 0.1) is 5.82 Å². The summed E-state index contributed by atoms with van der Waals surface area (Å²) in [4.78, 5) is 0. The Morgan fingerprint density at radius 3 is 2.88 bits per heavy atom. The van der Waals surface area contributed by atoms with Gasteiger partial charge in [-0.3, -0.25) is 0 Å². The molecule has 0 spiro atoms. The van der Waals surface area contributed by atoms with Gasteiger partial charge in [0.2, 0.25) is 0 Å². The van der Waals surface area contributed by atoms with Crippen LogP contribution in [0.25, 0.3) is 0 Å². The van der Waals surface area contributed by atoms with Crippen molar-refractivity contribution < 1.29 is 4.39 Å². The summed E-state index contributed by atoms with van der Waals surface area (Å²) in [7, 11) is 0. The van der Waals surface area contributed by atoms with Crippen LogP contribution in [0.4, 0.5) is 4.39 Å². The molecule has 0 atom stereocenters. The van der Waals surface area contributed by atoms with E-state index in [1.54, 1.807) is 6.07 Å². The Bertz CT molecular complexity index is 350. The quantitative estimate of drug-likeness (QED) is 0.751. The summed E-state index contributed by atoms with van der Waals surface area (Å²) in [5.41, 5.74) is 0.924. The van der Waals surface area contributed by atoms with Crippen LogP contribution in [0.1, 0.15) is 31.2 Å². The predicted molar refractivity (Wildman–Crippen MR) is 65.4 cm³/mol. The second-order valence-electron chi connectivity index (χ2n) is 4.42. The molecule has 0 heterocycles. The van der Waals surface area contributed by atoms with Gasteiger partial charge >= 0.3 is 0 Å². The van der Waals surface area contributed by atoms with Crippen molar-refractivity contribution in [2.45, 2.75) is 38.1 Å². The normalized spacial score (nSPS) is 15.4. The first-order chi connectivity index (χ1) is 7.75. The maximum Gasteiger partial charge on any atom is 0.123 e. The monoisotopic (exact) mass is 241 g/mol. The van der Waals surface area contributed by atoms with Crippen molar-refractivity contribution >= 4 is 11.6 Å². The summed E-state index contributed by atoms with van der Waals surface area (Å²) in [5.74, 6) is -0.199. The van der Waals surface area contributed by atoms with Gasteiger partial charge in [-0.2, -0.15) is 0 Å². The van der Waals surface area contributed by atoms with Gasteiger partial charge in [-0.1, -0.05) is 11.6 Å². The average Bonchev–Trinajstić information content (AvgIpc) is 3.06. The van der Waals surface area contributed by atoms with E-state index in [1.807, 2.05) is 0 Å². The first kappa shape index (κ1) is 11.9. The Balaban J connectivity index is 1.69. The van der Waals surface area contributed by atoms with E-state index < -0.39 is 0 Å². The highest BCUT2D eigenvalue weighted by molar-refractivity contribution is 6.31. The molecule has 1 aromatic carbocycles. The molecule has 0 unspecified atom stereocenters. The number of aryl methyl sites for hydroxylation is 1. The zero-order valence-electron chi connectivity index (χ0n) is 9.31.